The van der Waals surface area contributed by atoms with E-state index in [1.807, 2.05) is 13.0 Å². The summed E-state index contributed by atoms with van der Waals surface area (Å²) in [6, 6.07) is 5.07. The van der Waals surface area contributed by atoms with Gasteiger partial charge in [-0.1, -0.05) is 0 Å². The van der Waals surface area contributed by atoms with Crippen LogP contribution in [-0.2, 0) is 0 Å². The molecule has 19 heavy (non-hydrogen) atoms. The van der Waals surface area contributed by atoms with Gasteiger partial charge in [-0.25, -0.2) is 9.67 Å². The number of rotatable bonds is 4. The molecule has 2 rings (SSSR count). The maximum atomic E-state index is 11.9. The Hall–Kier alpha value is -2.21. The van der Waals surface area contributed by atoms with E-state index in [0.717, 1.165) is 11.3 Å². The highest BCUT2D eigenvalue weighted by atomic mass is 16.3. The second kappa shape index (κ2) is 5.62. The van der Waals surface area contributed by atoms with Crippen LogP contribution < -0.4 is 5.32 Å². The first kappa shape index (κ1) is 13.2. The maximum Gasteiger partial charge on any atom is 0.251 e. The summed E-state index contributed by atoms with van der Waals surface area (Å²) in [6.45, 7) is 3.57. The van der Waals surface area contributed by atoms with Gasteiger partial charge in [0.1, 0.15) is 12.7 Å². The fourth-order valence-corrected chi connectivity index (χ4v) is 1.74. The molecule has 0 aliphatic heterocycles. The van der Waals surface area contributed by atoms with Crippen LogP contribution in [0.2, 0.25) is 0 Å². The predicted octanol–water partition coefficient (Wildman–Crippen LogP) is 0.686. The summed E-state index contributed by atoms with van der Waals surface area (Å²) in [6.07, 6.45) is 3.07. The zero-order valence-corrected chi connectivity index (χ0v) is 10.9. The molecule has 1 aromatic heterocycles. The average molecular weight is 260 g/mol. The van der Waals surface area contributed by atoms with Gasteiger partial charge in [-0.05, 0) is 37.6 Å². The van der Waals surface area contributed by atoms with E-state index in [1.54, 1.807) is 30.1 Å². The molecule has 0 fully saturated rings. The smallest absolute Gasteiger partial charge is 0.251 e. The molecule has 1 atom stereocenters. The summed E-state index contributed by atoms with van der Waals surface area (Å²) >= 11 is 0. The second-order valence-corrected chi connectivity index (χ2v) is 4.40. The normalized spacial score (nSPS) is 12.2. The minimum Gasteiger partial charge on any atom is -0.394 e. The van der Waals surface area contributed by atoms with Gasteiger partial charge in [-0.3, -0.25) is 4.79 Å². The van der Waals surface area contributed by atoms with Crippen LogP contribution in [0.25, 0.3) is 5.69 Å². The standard InChI is InChI=1S/C13H16N4O2/c1-9-5-11(13(19)16-10(2)6-18)3-4-12(9)17-8-14-7-15-17/h3-5,7-8,10,18H,6H2,1-2H3,(H,16,19). The summed E-state index contributed by atoms with van der Waals surface area (Å²) in [5.41, 5.74) is 2.36. The van der Waals surface area contributed by atoms with Gasteiger partial charge >= 0.3 is 0 Å². The van der Waals surface area contributed by atoms with E-state index >= 15 is 0 Å². The molecule has 0 aliphatic carbocycles. The van der Waals surface area contributed by atoms with E-state index in [0.29, 0.717) is 5.56 Å². The van der Waals surface area contributed by atoms with Crippen molar-refractivity contribution in [2.75, 3.05) is 6.61 Å². The number of nitrogens with one attached hydrogen (secondary N) is 1. The van der Waals surface area contributed by atoms with Gasteiger partial charge < -0.3 is 10.4 Å². The monoisotopic (exact) mass is 260 g/mol. The van der Waals surface area contributed by atoms with Crippen LogP contribution in [-0.4, -0.2) is 38.4 Å². The van der Waals surface area contributed by atoms with Crippen LogP contribution in [0.5, 0.6) is 0 Å². The van der Waals surface area contributed by atoms with Crippen molar-refractivity contribution in [3.63, 3.8) is 0 Å². The van der Waals surface area contributed by atoms with Crippen LogP contribution in [0.15, 0.2) is 30.9 Å². The molecule has 0 aliphatic rings. The van der Waals surface area contributed by atoms with E-state index in [1.165, 1.54) is 6.33 Å². The van der Waals surface area contributed by atoms with Gasteiger partial charge in [0.25, 0.3) is 5.91 Å². The molecular formula is C13H16N4O2. The van der Waals surface area contributed by atoms with Crippen molar-refractivity contribution in [1.29, 1.82) is 0 Å². The van der Waals surface area contributed by atoms with E-state index in [-0.39, 0.29) is 18.6 Å². The Bertz CT molecular complexity index is 566. The molecule has 0 radical (unpaired) electrons. The third kappa shape index (κ3) is 2.97. The first-order chi connectivity index (χ1) is 9.11. The van der Waals surface area contributed by atoms with Crippen LogP contribution in [0.3, 0.4) is 0 Å². The molecular weight excluding hydrogens is 244 g/mol. The summed E-state index contributed by atoms with van der Waals surface area (Å²) in [4.78, 5) is 15.8. The number of amides is 1. The molecule has 1 heterocycles. The van der Waals surface area contributed by atoms with Crippen molar-refractivity contribution < 1.29 is 9.90 Å². The summed E-state index contributed by atoms with van der Waals surface area (Å²) in [5.74, 6) is -0.199. The van der Waals surface area contributed by atoms with Crippen molar-refractivity contribution in [2.24, 2.45) is 0 Å². The Morgan fingerprint density at radius 3 is 2.89 bits per heavy atom. The van der Waals surface area contributed by atoms with E-state index in [9.17, 15) is 4.79 Å². The lowest BCUT2D eigenvalue weighted by atomic mass is 10.1. The number of benzene rings is 1. The minimum absolute atomic E-state index is 0.0816. The van der Waals surface area contributed by atoms with Crippen molar-refractivity contribution in [3.05, 3.63) is 42.0 Å². The molecule has 1 unspecified atom stereocenters. The molecule has 2 aromatic rings. The zero-order chi connectivity index (χ0) is 13.8. The molecule has 1 amide bonds. The molecule has 0 saturated heterocycles. The van der Waals surface area contributed by atoms with Crippen LogP contribution in [0.1, 0.15) is 22.8 Å². The molecule has 0 spiro atoms. The Kier molecular flexibility index (Phi) is 3.91. The molecule has 0 bridgehead atoms. The quantitative estimate of drug-likeness (QED) is 0.847. The minimum atomic E-state index is -0.261. The van der Waals surface area contributed by atoms with E-state index < -0.39 is 0 Å². The van der Waals surface area contributed by atoms with Crippen molar-refractivity contribution in [1.82, 2.24) is 20.1 Å². The topological polar surface area (TPSA) is 80.0 Å². The molecule has 0 saturated carbocycles. The number of aromatic nitrogens is 3. The SMILES string of the molecule is Cc1cc(C(=O)NC(C)CO)ccc1-n1cncn1. The van der Waals surface area contributed by atoms with Gasteiger partial charge in [-0.15, -0.1) is 0 Å². The number of hydrogen-bond acceptors (Lipinski definition) is 4. The number of nitrogens with zero attached hydrogens (tertiary/aromatic N) is 3. The summed E-state index contributed by atoms with van der Waals surface area (Å²) in [7, 11) is 0. The third-order valence-corrected chi connectivity index (χ3v) is 2.78. The molecule has 100 valence electrons. The Balaban J connectivity index is 2.22. The number of hydrogen-bond donors (Lipinski definition) is 2. The number of aliphatic hydroxyl groups excluding tert-OH is 1. The van der Waals surface area contributed by atoms with Crippen molar-refractivity contribution >= 4 is 5.91 Å². The van der Waals surface area contributed by atoms with Gasteiger partial charge in [0, 0.05) is 11.6 Å². The first-order valence-corrected chi connectivity index (χ1v) is 5.99. The molecule has 6 nitrogen and oxygen atoms in total. The fraction of sp³-hybridized carbons (Fsp3) is 0.308. The zero-order valence-electron chi connectivity index (χ0n) is 10.9. The number of carbonyl (C=O) groups is 1. The molecule has 2 N–H and O–H groups in total. The highest BCUT2D eigenvalue weighted by Gasteiger charge is 2.11. The summed E-state index contributed by atoms with van der Waals surface area (Å²) in [5, 5.41) is 15.7. The second-order valence-electron chi connectivity index (χ2n) is 4.40. The predicted molar refractivity (Wildman–Crippen MR) is 70.1 cm³/mol. The van der Waals surface area contributed by atoms with Crippen molar-refractivity contribution in [2.45, 2.75) is 19.9 Å². The fourth-order valence-electron chi connectivity index (χ4n) is 1.74. The van der Waals surface area contributed by atoms with Crippen LogP contribution in [0, 0.1) is 6.92 Å². The first-order valence-electron chi connectivity index (χ1n) is 5.99. The largest absolute Gasteiger partial charge is 0.394 e. The highest BCUT2D eigenvalue weighted by Crippen LogP contribution is 2.14. The average Bonchev–Trinajstić information content (AvgIpc) is 2.92. The van der Waals surface area contributed by atoms with Crippen LogP contribution in [0.4, 0.5) is 0 Å². The number of aliphatic hydroxyl groups is 1. The highest BCUT2D eigenvalue weighted by molar-refractivity contribution is 5.94. The third-order valence-electron chi connectivity index (χ3n) is 2.78. The Morgan fingerprint density at radius 1 is 1.53 bits per heavy atom. The van der Waals surface area contributed by atoms with Gasteiger partial charge in [0.2, 0.25) is 0 Å². The van der Waals surface area contributed by atoms with Gasteiger partial charge in [-0.2, -0.15) is 5.10 Å². The maximum absolute atomic E-state index is 11.9. The Morgan fingerprint density at radius 2 is 2.32 bits per heavy atom. The molecule has 6 heteroatoms. The van der Waals surface area contributed by atoms with Gasteiger partial charge in [0.05, 0.1) is 12.3 Å². The lowest BCUT2D eigenvalue weighted by Crippen LogP contribution is -2.35. The van der Waals surface area contributed by atoms with Gasteiger partial charge in [0.15, 0.2) is 0 Å². The lowest BCUT2D eigenvalue weighted by molar-refractivity contribution is 0.0922. The summed E-state index contributed by atoms with van der Waals surface area (Å²) < 4.78 is 1.65. The van der Waals surface area contributed by atoms with Crippen LogP contribution >= 0.6 is 0 Å². The lowest BCUT2D eigenvalue weighted by Gasteiger charge is -2.12. The Labute approximate surface area is 111 Å². The van der Waals surface area contributed by atoms with Crippen molar-refractivity contribution in [3.8, 4) is 5.69 Å². The number of carbonyl (C=O) groups excluding carboxylic acids is 1. The molecule has 1 aromatic carbocycles. The van der Waals surface area contributed by atoms with E-state index in [2.05, 4.69) is 15.4 Å². The van der Waals surface area contributed by atoms with E-state index in [4.69, 9.17) is 5.11 Å². The number of aryl methyl sites for hydroxylation is 1.